The van der Waals surface area contributed by atoms with E-state index in [1.54, 1.807) is 17.0 Å². The number of carbonyl (C=O) groups is 2. The van der Waals surface area contributed by atoms with Crippen LogP contribution in [0.2, 0.25) is 0 Å². The summed E-state index contributed by atoms with van der Waals surface area (Å²) in [5.41, 5.74) is 1.10. The van der Waals surface area contributed by atoms with E-state index in [1.165, 1.54) is 30.7 Å². The SMILES string of the molecule is CCCCCCN(CCC(=O)NCc1ccc(F)cc1)C(=O)c1cnccn1. The molecule has 1 aromatic heterocycles. The summed E-state index contributed by atoms with van der Waals surface area (Å²) in [4.78, 5) is 34.5. The topological polar surface area (TPSA) is 75.2 Å². The molecule has 2 rings (SSSR count). The van der Waals surface area contributed by atoms with Gasteiger partial charge in [-0.3, -0.25) is 14.6 Å². The highest BCUT2D eigenvalue weighted by atomic mass is 19.1. The largest absolute Gasteiger partial charge is 0.352 e. The smallest absolute Gasteiger partial charge is 0.274 e. The number of aromatic nitrogens is 2. The van der Waals surface area contributed by atoms with Crippen molar-refractivity contribution in [1.82, 2.24) is 20.2 Å². The first-order chi connectivity index (χ1) is 13.6. The molecule has 0 bridgehead atoms. The van der Waals surface area contributed by atoms with Gasteiger partial charge in [-0.15, -0.1) is 0 Å². The molecule has 0 radical (unpaired) electrons. The van der Waals surface area contributed by atoms with E-state index >= 15 is 0 Å². The molecule has 1 aromatic carbocycles. The van der Waals surface area contributed by atoms with E-state index in [4.69, 9.17) is 0 Å². The van der Waals surface area contributed by atoms with Crippen LogP contribution in [0, 0.1) is 5.82 Å². The lowest BCUT2D eigenvalue weighted by molar-refractivity contribution is -0.121. The summed E-state index contributed by atoms with van der Waals surface area (Å²) in [6.45, 7) is 3.36. The number of hydrogen-bond acceptors (Lipinski definition) is 4. The van der Waals surface area contributed by atoms with Crippen LogP contribution in [0.25, 0.3) is 0 Å². The maximum absolute atomic E-state index is 12.9. The summed E-state index contributed by atoms with van der Waals surface area (Å²) in [6.07, 6.45) is 8.80. The molecule has 0 aliphatic carbocycles. The van der Waals surface area contributed by atoms with Crippen molar-refractivity contribution in [2.24, 2.45) is 0 Å². The van der Waals surface area contributed by atoms with Crippen LogP contribution in [0.5, 0.6) is 0 Å². The molecule has 1 N–H and O–H groups in total. The Morgan fingerprint density at radius 2 is 1.86 bits per heavy atom. The molecular formula is C21H27FN4O2. The molecule has 0 aliphatic rings. The molecule has 150 valence electrons. The van der Waals surface area contributed by atoms with Crippen molar-refractivity contribution in [3.05, 3.63) is 59.9 Å². The Morgan fingerprint density at radius 1 is 1.07 bits per heavy atom. The number of benzene rings is 1. The quantitative estimate of drug-likeness (QED) is 0.601. The van der Waals surface area contributed by atoms with Crippen molar-refractivity contribution >= 4 is 11.8 Å². The van der Waals surface area contributed by atoms with Gasteiger partial charge in [-0.05, 0) is 24.1 Å². The average molecular weight is 386 g/mol. The highest BCUT2D eigenvalue weighted by Crippen LogP contribution is 2.07. The standard InChI is InChI=1S/C21H27FN4O2/c1-2-3-4-5-13-26(21(28)19-16-23-11-12-24-19)14-10-20(27)25-15-17-6-8-18(22)9-7-17/h6-9,11-12,16H,2-5,10,13-15H2,1H3,(H,25,27). The van der Waals surface area contributed by atoms with E-state index in [0.29, 0.717) is 19.6 Å². The van der Waals surface area contributed by atoms with E-state index in [2.05, 4.69) is 22.2 Å². The van der Waals surface area contributed by atoms with Crippen LogP contribution < -0.4 is 5.32 Å². The number of rotatable bonds is 11. The Morgan fingerprint density at radius 3 is 2.54 bits per heavy atom. The zero-order valence-electron chi connectivity index (χ0n) is 16.2. The van der Waals surface area contributed by atoms with Crippen molar-refractivity contribution in [1.29, 1.82) is 0 Å². The minimum absolute atomic E-state index is 0.158. The van der Waals surface area contributed by atoms with Gasteiger partial charge >= 0.3 is 0 Å². The predicted octanol–water partition coefficient (Wildman–Crippen LogP) is 3.34. The molecule has 6 nitrogen and oxygen atoms in total. The van der Waals surface area contributed by atoms with Crippen molar-refractivity contribution in [3.8, 4) is 0 Å². The Labute approximate surface area is 165 Å². The third-order valence-electron chi connectivity index (χ3n) is 4.36. The number of amides is 2. The van der Waals surface area contributed by atoms with Gasteiger partial charge in [0.15, 0.2) is 0 Å². The molecule has 0 saturated carbocycles. The molecular weight excluding hydrogens is 359 g/mol. The Bertz CT molecular complexity index is 738. The third kappa shape index (κ3) is 7.42. The molecule has 0 fully saturated rings. The minimum atomic E-state index is -0.309. The number of nitrogens with zero attached hydrogens (tertiary/aromatic N) is 3. The van der Waals surface area contributed by atoms with Gasteiger partial charge in [0.1, 0.15) is 11.5 Å². The molecule has 0 saturated heterocycles. The fourth-order valence-corrected chi connectivity index (χ4v) is 2.74. The first-order valence-corrected chi connectivity index (χ1v) is 9.66. The fraction of sp³-hybridized carbons (Fsp3) is 0.429. The lowest BCUT2D eigenvalue weighted by atomic mass is 10.2. The van der Waals surface area contributed by atoms with Gasteiger partial charge in [-0.25, -0.2) is 9.37 Å². The summed E-state index contributed by atoms with van der Waals surface area (Å²) in [7, 11) is 0. The molecule has 0 atom stereocenters. The number of carbonyl (C=O) groups excluding carboxylic acids is 2. The van der Waals surface area contributed by atoms with E-state index in [1.807, 2.05) is 0 Å². The molecule has 0 spiro atoms. The van der Waals surface area contributed by atoms with Gasteiger partial charge in [-0.1, -0.05) is 38.3 Å². The Hall–Kier alpha value is -2.83. The molecule has 0 unspecified atom stereocenters. The predicted molar refractivity (Wildman–Crippen MR) is 105 cm³/mol. The second-order valence-corrected chi connectivity index (χ2v) is 6.60. The zero-order valence-corrected chi connectivity index (χ0v) is 16.2. The highest BCUT2D eigenvalue weighted by molar-refractivity contribution is 5.92. The van der Waals surface area contributed by atoms with E-state index < -0.39 is 0 Å². The van der Waals surface area contributed by atoms with Gasteiger partial charge in [0.25, 0.3) is 5.91 Å². The number of unbranched alkanes of at least 4 members (excludes halogenated alkanes) is 3. The van der Waals surface area contributed by atoms with Gasteiger partial charge < -0.3 is 10.2 Å². The molecule has 0 aliphatic heterocycles. The van der Waals surface area contributed by atoms with Crippen molar-refractivity contribution in [3.63, 3.8) is 0 Å². The van der Waals surface area contributed by atoms with E-state index in [0.717, 1.165) is 31.2 Å². The molecule has 1 heterocycles. The van der Waals surface area contributed by atoms with Crippen LogP contribution in [-0.4, -0.2) is 39.8 Å². The molecule has 28 heavy (non-hydrogen) atoms. The van der Waals surface area contributed by atoms with Gasteiger partial charge in [-0.2, -0.15) is 0 Å². The highest BCUT2D eigenvalue weighted by Gasteiger charge is 2.18. The Balaban J connectivity index is 1.86. The lowest BCUT2D eigenvalue weighted by Gasteiger charge is -2.22. The number of hydrogen-bond donors (Lipinski definition) is 1. The normalized spacial score (nSPS) is 10.5. The van der Waals surface area contributed by atoms with E-state index in [9.17, 15) is 14.0 Å². The van der Waals surface area contributed by atoms with Crippen LogP contribution in [0.4, 0.5) is 4.39 Å². The molecule has 7 heteroatoms. The summed E-state index contributed by atoms with van der Waals surface area (Å²) < 4.78 is 12.9. The van der Waals surface area contributed by atoms with Crippen LogP contribution in [0.15, 0.2) is 42.9 Å². The summed E-state index contributed by atoms with van der Waals surface area (Å²) in [5.74, 6) is -0.679. The first kappa shape index (κ1) is 21.5. The number of halogens is 1. The van der Waals surface area contributed by atoms with Crippen LogP contribution in [0.3, 0.4) is 0 Å². The maximum atomic E-state index is 12.9. The summed E-state index contributed by atoms with van der Waals surface area (Å²) in [6, 6.07) is 5.98. The Kier molecular flexibility index (Phi) is 9.04. The third-order valence-corrected chi connectivity index (χ3v) is 4.36. The number of nitrogens with one attached hydrogen (secondary N) is 1. The monoisotopic (exact) mass is 386 g/mol. The van der Waals surface area contributed by atoms with Gasteiger partial charge in [0.2, 0.25) is 5.91 Å². The van der Waals surface area contributed by atoms with Gasteiger partial charge in [0.05, 0.1) is 6.20 Å². The second kappa shape index (κ2) is 11.8. The van der Waals surface area contributed by atoms with Crippen LogP contribution in [-0.2, 0) is 11.3 Å². The molecule has 2 amide bonds. The van der Waals surface area contributed by atoms with Crippen molar-refractivity contribution in [2.45, 2.75) is 45.6 Å². The van der Waals surface area contributed by atoms with Crippen molar-refractivity contribution < 1.29 is 14.0 Å². The second-order valence-electron chi connectivity index (χ2n) is 6.60. The van der Waals surface area contributed by atoms with Gasteiger partial charge in [0, 0.05) is 38.4 Å². The lowest BCUT2D eigenvalue weighted by Crippen LogP contribution is -2.36. The maximum Gasteiger partial charge on any atom is 0.274 e. The first-order valence-electron chi connectivity index (χ1n) is 9.66. The van der Waals surface area contributed by atoms with Crippen molar-refractivity contribution in [2.75, 3.05) is 13.1 Å². The van der Waals surface area contributed by atoms with Crippen LogP contribution in [0.1, 0.15) is 55.1 Å². The minimum Gasteiger partial charge on any atom is -0.352 e. The average Bonchev–Trinajstić information content (AvgIpc) is 2.73. The molecule has 2 aromatic rings. The fourth-order valence-electron chi connectivity index (χ4n) is 2.74. The van der Waals surface area contributed by atoms with E-state index in [-0.39, 0.29) is 29.7 Å². The summed E-state index contributed by atoms with van der Waals surface area (Å²) >= 11 is 0. The van der Waals surface area contributed by atoms with Crippen LogP contribution >= 0.6 is 0 Å². The zero-order chi connectivity index (χ0) is 20.2. The summed E-state index contributed by atoms with van der Waals surface area (Å²) in [5, 5.41) is 2.80.